The minimum absolute atomic E-state index is 0.0734. The van der Waals surface area contributed by atoms with Crippen LogP contribution in [0.1, 0.15) is 15.9 Å². The van der Waals surface area contributed by atoms with Crippen molar-refractivity contribution in [2.75, 3.05) is 6.54 Å². The van der Waals surface area contributed by atoms with Gasteiger partial charge < -0.3 is 20.4 Å². The zero-order valence-electron chi connectivity index (χ0n) is 11.5. The fourth-order valence-corrected chi connectivity index (χ4v) is 2.62. The molecule has 2 aromatic rings. The molecule has 0 saturated heterocycles. The third-order valence-corrected chi connectivity index (χ3v) is 3.74. The number of carbonyl (C=O) groups is 1. The number of Topliss-reactive ketones (excluding diaryl/α,β-unsaturated/α-hetero) is 1. The third-order valence-electron chi connectivity index (χ3n) is 2.92. The quantitative estimate of drug-likeness (QED) is 0.273. The number of carbonyl (C=O) groups excluding carboxylic acids is 1. The van der Waals surface area contributed by atoms with Crippen molar-refractivity contribution in [2.24, 2.45) is 4.99 Å². The fraction of sp³-hybridized carbons (Fsp3) is 0.0667. The van der Waals surface area contributed by atoms with Crippen LogP contribution in [0.3, 0.4) is 0 Å². The van der Waals surface area contributed by atoms with Crippen molar-refractivity contribution in [3.05, 3.63) is 44.9 Å². The first-order chi connectivity index (χ1) is 10.8. The largest absolute Gasteiger partial charge is 0.507 e. The lowest BCUT2D eigenvalue weighted by atomic mass is 10.1. The Balaban J connectivity index is 2.18. The molecule has 4 N–H and O–H groups in total. The molecule has 0 fully saturated rings. The Morgan fingerprint density at radius 1 is 1.09 bits per heavy atom. The van der Waals surface area contributed by atoms with Crippen LogP contribution in [0.15, 0.2) is 33.7 Å². The molecule has 0 amide bonds. The van der Waals surface area contributed by atoms with Crippen molar-refractivity contribution in [2.45, 2.75) is 0 Å². The normalized spacial score (nSPS) is 11.0. The fourth-order valence-electron chi connectivity index (χ4n) is 1.79. The van der Waals surface area contributed by atoms with Gasteiger partial charge in [0.05, 0.1) is 10.0 Å². The molecule has 0 aromatic heterocycles. The molecule has 0 aliphatic carbocycles. The molecule has 23 heavy (non-hydrogen) atoms. The Hall–Kier alpha value is -2.25. The Bertz CT molecular complexity index is 807. The van der Waals surface area contributed by atoms with Crippen LogP contribution in [0.4, 0.5) is 0 Å². The Labute approximate surface area is 144 Å². The van der Waals surface area contributed by atoms with Gasteiger partial charge in [-0.15, -0.1) is 0 Å². The zero-order valence-corrected chi connectivity index (χ0v) is 13.8. The number of hydrogen-bond donors (Lipinski definition) is 4. The van der Waals surface area contributed by atoms with Gasteiger partial charge in [0.25, 0.3) is 0 Å². The highest BCUT2D eigenvalue weighted by molar-refractivity contribution is 9.10. The molecule has 0 radical (unpaired) electrons. The van der Waals surface area contributed by atoms with E-state index >= 15 is 0 Å². The van der Waals surface area contributed by atoms with Crippen LogP contribution in [-0.2, 0) is 0 Å². The van der Waals surface area contributed by atoms with Crippen LogP contribution in [0.25, 0.3) is 0 Å². The van der Waals surface area contributed by atoms with Gasteiger partial charge >= 0.3 is 0 Å². The van der Waals surface area contributed by atoms with Gasteiger partial charge in [0.1, 0.15) is 18.0 Å². The van der Waals surface area contributed by atoms with E-state index in [1.807, 2.05) is 0 Å². The highest BCUT2D eigenvalue weighted by Gasteiger charge is 2.14. The summed E-state index contributed by atoms with van der Waals surface area (Å²) < 4.78 is 0.388. The average molecular weight is 401 g/mol. The highest BCUT2D eigenvalue weighted by Crippen LogP contribution is 2.32. The monoisotopic (exact) mass is 399 g/mol. The minimum atomic E-state index is -0.574. The molecule has 2 aromatic carbocycles. The maximum Gasteiger partial charge on any atom is 0.188 e. The first kappa shape index (κ1) is 17.1. The molecular formula is C15H11BrClNO5. The second kappa shape index (κ2) is 6.89. The minimum Gasteiger partial charge on any atom is -0.507 e. The Morgan fingerprint density at radius 2 is 1.74 bits per heavy atom. The predicted octanol–water partition coefficient (Wildman–Crippen LogP) is 3.23. The molecule has 0 aliphatic rings. The summed E-state index contributed by atoms with van der Waals surface area (Å²) >= 11 is 8.99. The molecule has 0 spiro atoms. The summed E-state index contributed by atoms with van der Waals surface area (Å²) in [5.41, 5.74) is 0.142. The lowest BCUT2D eigenvalue weighted by Gasteiger charge is -2.05. The molecule has 0 unspecified atom stereocenters. The molecule has 120 valence electrons. The molecule has 0 bridgehead atoms. The summed E-state index contributed by atoms with van der Waals surface area (Å²) in [7, 11) is 0. The first-order valence-electron chi connectivity index (χ1n) is 6.25. The molecule has 2 rings (SSSR count). The number of phenols is 4. The van der Waals surface area contributed by atoms with Crippen molar-refractivity contribution in [3.8, 4) is 23.0 Å². The number of benzene rings is 2. The molecule has 0 heterocycles. The van der Waals surface area contributed by atoms with E-state index in [-0.39, 0.29) is 17.9 Å². The number of rotatable bonds is 4. The van der Waals surface area contributed by atoms with Gasteiger partial charge in [0.15, 0.2) is 17.3 Å². The number of phenolic OH excluding ortho intramolecular Hbond substituents is 4. The summed E-state index contributed by atoms with van der Waals surface area (Å²) in [4.78, 5) is 15.9. The van der Waals surface area contributed by atoms with E-state index in [1.165, 1.54) is 18.3 Å². The van der Waals surface area contributed by atoms with Crippen LogP contribution in [-0.4, -0.2) is 39.0 Å². The highest BCUT2D eigenvalue weighted by atomic mass is 79.9. The van der Waals surface area contributed by atoms with Crippen molar-refractivity contribution >= 4 is 39.5 Å². The molecule has 0 atom stereocenters. The maximum absolute atomic E-state index is 12.0. The smallest absolute Gasteiger partial charge is 0.188 e. The second-order valence-electron chi connectivity index (χ2n) is 4.58. The van der Waals surface area contributed by atoms with Crippen LogP contribution in [0, 0.1) is 0 Å². The van der Waals surface area contributed by atoms with Gasteiger partial charge in [-0.3, -0.25) is 9.79 Å². The topological polar surface area (TPSA) is 110 Å². The SMILES string of the molecule is O=C(CN=Cc1cc(Cl)cc(Br)c1O)c1cc(O)c(O)cc1O. The number of aromatic hydroxyl groups is 4. The van der Waals surface area contributed by atoms with E-state index in [0.717, 1.165) is 12.1 Å². The van der Waals surface area contributed by atoms with E-state index in [9.17, 15) is 25.2 Å². The van der Waals surface area contributed by atoms with Crippen molar-refractivity contribution < 1.29 is 25.2 Å². The zero-order chi connectivity index (χ0) is 17.1. The molecule has 8 heteroatoms. The van der Waals surface area contributed by atoms with Gasteiger partial charge in [-0.05, 0) is 34.1 Å². The van der Waals surface area contributed by atoms with Crippen LogP contribution in [0.5, 0.6) is 23.0 Å². The van der Waals surface area contributed by atoms with Gasteiger partial charge in [0, 0.05) is 22.9 Å². The lowest BCUT2D eigenvalue weighted by molar-refractivity contribution is 0.0999. The van der Waals surface area contributed by atoms with E-state index in [2.05, 4.69) is 20.9 Å². The molecule has 0 aliphatic heterocycles. The maximum atomic E-state index is 12.0. The third kappa shape index (κ3) is 3.94. The first-order valence-corrected chi connectivity index (χ1v) is 7.42. The number of nitrogens with zero attached hydrogens (tertiary/aromatic N) is 1. The number of ketones is 1. The van der Waals surface area contributed by atoms with Crippen LogP contribution >= 0.6 is 27.5 Å². The van der Waals surface area contributed by atoms with Gasteiger partial charge in [-0.1, -0.05) is 11.6 Å². The van der Waals surface area contributed by atoms with E-state index < -0.39 is 23.0 Å². The number of hydrogen-bond acceptors (Lipinski definition) is 6. The lowest BCUT2D eigenvalue weighted by Crippen LogP contribution is -2.04. The Kier molecular flexibility index (Phi) is 5.12. The van der Waals surface area contributed by atoms with Gasteiger partial charge in [0.2, 0.25) is 0 Å². The second-order valence-corrected chi connectivity index (χ2v) is 5.87. The standard InChI is InChI=1S/C15H11BrClNO5/c16-10-2-8(17)1-7(15(10)23)5-18-6-14(22)9-3-12(20)13(21)4-11(9)19/h1-5,19-21,23H,6H2. The number of aliphatic imine (C=N–C) groups is 1. The number of halogens is 2. The van der Waals surface area contributed by atoms with E-state index in [4.69, 9.17) is 11.6 Å². The summed E-state index contributed by atoms with van der Waals surface area (Å²) in [6, 6.07) is 4.80. The van der Waals surface area contributed by atoms with E-state index in [1.54, 1.807) is 0 Å². The van der Waals surface area contributed by atoms with Crippen LogP contribution < -0.4 is 0 Å². The summed E-state index contributed by atoms with van der Waals surface area (Å²) in [6.07, 6.45) is 1.27. The Morgan fingerprint density at radius 3 is 2.43 bits per heavy atom. The summed E-state index contributed by atoms with van der Waals surface area (Å²) in [5, 5.41) is 38.4. The average Bonchev–Trinajstić information content (AvgIpc) is 2.47. The molecule has 6 nitrogen and oxygen atoms in total. The van der Waals surface area contributed by atoms with Gasteiger partial charge in [-0.2, -0.15) is 0 Å². The van der Waals surface area contributed by atoms with Crippen molar-refractivity contribution in [1.29, 1.82) is 0 Å². The van der Waals surface area contributed by atoms with Gasteiger partial charge in [-0.25, -0.2) is 0 Å². The van der Waals surface area contributed by atoms with Crippen molar-refractivity contribution in [1.82, 2.24) is 0 Å². The predicted molar refractivity (Wildman–Crippen MR) is 89.0 cm³/mol. The molecule has 0 saturated carbocycles. The van der Waals surface area contributed by atoms with E-state index in [0.29, 0.717) is 15.1 Å². The summed E-state index contributed by atoms with van der Waals surface area (Å²) in [5.74, 6) is -2.16. The van der Waals surface area contributed by atoms with Crippen molar-refractivity contribution in [3.63, 3.8) is 0 Å². The summed E-state index contributed by atoms with van der Waals surface area (Å²) in [6.45, 7) is -0.332. The molecular weight excluding hydrogens is 390 g/mol. The van der Waals surface area contributed by atoms with Crippen LogP contribution in [0.2, 0.25) is 5.02 Å².